The van der Waals surface area contributed by atoms with Crippen molar-refractivity contribution in [2.75, 3.05) is 19.7 Å². The van der Waals surface area contributed by atoms with Gasteiger partial charge in [-0.2, -0.15) is 0 Å². The Morgan fingerprint density at radius 1 is 1.33 bits per heavy atom. The lowest BCUT2D eigenvalue weighted by Gasteiger charge is -2.35. The number of aryl methyl sites for hydroxylation is 1. The van der Waals surface area contributed by atoms with Gasteiger partial charge in [0.15, 0.2) is 0 Å². The Hall–Kier alpha value is -2.37. The largest absolute Gasteiger partial charge is 0.492 e. The van der Waals surface area contributed by atoms with Gasteiger partial charge >= 0.3 is 0 Å². The van der Waals surface area contributed by atoms with Gasteiger partial charge in [0.25, 0.3) is 0 Å². The maximum Gasteiger partial charge on any atom is 0.229 e. The average molecular weight is 326 g/mol. The molecule has 2 atom stereocenters. The smallest absolute Gasteiger partial charge is 0.229 e. The molecular formula is C18H22N4O2. The van der Waals surface area contributed by atoms with Crippen molar-refractivity contribution < 1.29 is 9.53 Å². The van der Waals surface area contributed by atoms with Crippen LogP contribution in [-0.4, -0.2) is 45.3 Å². The Bertz CT molecular complexity index is 742. The summed E-state index contributed by atoms with van der Waals surface area (Å²) in [5, 5.41) is 8.20. The normalized spacial score (nSPS) is 23.5. The Kier molecular flexibility index (Phi) is 3.96. The maximum absolute atomic E-state index is 13.0. The summed E-state index contributed by atoms with van der Waals surface area (Å²) >= 11 is 0. The summed E-state index contributed by atoms with van der Waals surface area (Å²) in [6.07, 6.45) is 4.55. The van der Waals surface area contributed by atoms with Crippen molar-refractivity contribution in [3.05, 3.63) is 42.0 Å². The van der Waals surface area contributed by atoms with Gasteiger partial charge in [-0.1, -0.05) is 18.2 Å². The van der Waals surface area contributed by atoms with E-state index in [-0.39, 0.29) is 17.7 Å². The highest BCUT2D eigenvalue weighted by Crippen LogP contribution is 2.30. The molecule has 1 amide bonds. The molecule has 0 radical (unpaired) electrons. The van der Waals surface area contributed by atoms with Gasteiger partial charge in [-0.15, -0.1) is 10.2 Å². The zero-order chi connectivity index (χ0) is 16.5. The molecule has 0 aliphatic carbocycles. The summed E-state index contributed by atoms with van der Waals surface area (Å²) in [5.41, 5.74) is 1.13. The quantitative estimate of drug-likeness (QED) is 0.844. The number of aromatic nitrogens is 3. The first-order valence-electron chi connectivity index (χ1n) is 8.56. The maximum atomic E-state index is 13.0. The predicted molar refractivity (Wildman–Crippen MR) is 88.7 cm³/mol. The zero-order valence-electron chi connectivity index (χ0n) is 13.9. The second-order valence-corrected chi connectivity index (χ2v) is 6.74. The van der Waals surface area contributed by atoms with E-state index in [1.54, 1.807) is 6.33 Å². The molecule has 1 saturated heterocycles. The fourth-order valence-corrected chi connectivity index (χ4v) is 3.79. The Labute approximate surface area is 141 Å². The fourth-order valence-electron chi connectivity index (χ4n) is 3.79. The monoisotopic (exact) mass is 326 g/mol. The molecule has 1 aromatic heterocycles. The van der Waals surface area contributed by atoms with Crippen LogP contribution in [0.2, 0.25) is 0 Å². The van der Waals surface area contributed by atoms with Crippen LogP contribution in [0.1, 0.15) is 30.1 Å². The van der Waals surface area contributed by atoms with Crippen LogP contribution >= 0.6 is 0 Å². The SMILES string of the molecule is Cn1cnnc1[C@H]1CCCN(C(=O)[C@H]2COc3ccccc3C2)C1. The number of piperidine rings is 1. The molecule has 0 saturated carbocycles. The number of hydrogen-bond acceptors (Lipinski definition) is 4. The molecule has 0 unspecified atom stereocenters. The van der Waals surface area contributed by atoms with Gasteiger partial charge in [0.05, 0.1) is 5.92 Å². The Morgan fingerprint density at radius 3 is 3.04 bits per heavy atom. The van der Waals surface area contributed by atoms with Gasteiger partial charge in [-0.3, -0.25) is 4.79 Å². The van der Waals surface area contributed by atoms with E-state index in [1.807, 2.05) is 40.8 Å². The molecular weight excluding hydrogens is 304 g/mol. The molecule has 3 heterocycles. The van der Waals surface area contributed by atoms with Gasteiger partial charge in [0.1, 0.15) is 24.5 Å². The minimum Gasteiger partial charge on any atom is -0.492 e. The molecule has 4 rings (SSSR count). The molecule has 0 spiro atoms. The van der Waals surface area contributed by atoms with Crippen LogP contribution in [0.25, 0.3) is 0 Å². The van der Waals surface area contributed by atoms with Crippen LogP contribution < -0.4 is 4.74 Å². The number of carbonyl (C=O) groups is 1. The van der Waals surface area contributed by atoms with Crippen LogP contribution in [0.4, 0.5) is 0 Å². The van der Waals surface area contributed by atoms with Gasteiger partial charge < -0.3 is 14.2 Å². The predicted octanol–water partition coefficient (Wildman–Crippen LogP) is 1.77. The van der Waals surface area contributed by atoms with E-state index in [1.165, 1.54) is 0 Å². The summed E-state index contributed by atoms with van der Waals surface area (Å²) in [6.45, 7) is 2.02. The third-order valence-corrected chi connectivity index (χ3v) is 5.07. The number of likely N-dealkylation sites (tertiary alicyclic amines) is 1. The first-order chi connectivity index (χ1) is 11.7. The topological polar surface area (TPSA) is 60.2 Å². The lowest BCUT2D eigenvalue weighted by molar-refractivity contribution is -0.138. The third kappa shape index (κ3) is 2.77. The second kappa shape index (κ2) is 6.26. The lowest BCUT2D eigenvalue weighted by atomic mass is 9.92. The number of rotatable bonds is 2. The van der Waals surface area contributed by atoms with Crippen LogP contribution in [0.15, 0.2) is 30.6 Å². The number of hydrogen-bond donors (Lipinski definition) is 0. The van der Waals surface area contributed by atoms with Crippen molar-refractivity contribution in [1.82, 2.24) is 19.7 Å². The molecule has 24 heavy (non-hydrogen) atoms. The average Bonchev–Trinajstić information content (AvgIpc) is 3.07. The van der Waals surface area contributed by atoms with Crippen molar-refractivity contribution in [2.24, 2.45) is 13.0 Å². The zero-order valence-corrected chi connectivity index (χ0v) is 13.9. The lowest BCUT2D eigenvalue weighted by Crippen LogP contribution is -2.45. The van der Waals surface area contributed by atoms with E-state index in [2.05, 4.69) is 10.2 Å². The molecule has 6 heteroatoms. The van der Waals surface area contributed by atoms with Gasteiger partial charge in [-0.25, -0.2) is 0 Å². The van der Waals surface area contributed by atoms with Crippen LogP contribution in [0.5, 0.6) is 5.75 Å². The highest BCUT2D eigenvalue weighted by Gasteiger charge is 2.33. The Balaban J connectivity index is 1.46. The van der Waals surface area contributed by atoms with Crippen molar-refractivity contribution in [1.29, 1.82) is 0 Å². The van der Waals surface area contributed by atoms with Crippen molar-refractivity contribution in [2.45, 2.75) is 25.2 Å². The molecule has 2 aliphatic rings. The summed E-state index contributed by atoms with van der Waals surface area (Å²) < 4.78 is 7.75. The first-order valence-corrected chi connectivity index (χ1v) is 8.56. The molecule has 2 aromatic rings. The fraction of sp³-hybridized carbons (Fsp3) is 0.500. The molecule has 0 N–H and O–H groups in total. The van der Waals surface area contributed by atoms with E-state index in [9.17, 15) is 4.79 Å². The van der Waals surface area contributed by atoms with E-state index in [0.717, 1.165) is 49.5 Å². The number of ether oxygens (including phenoxy) is 1. The molecule has 2 aliphatic heterocycles. The van der Waals surface area contributed by atoms with Crippen LogP contribution in [0.3, 0.4) is 0 Å². The molecule has 1 aromatic carbocycles. The minimum absolute atomic E-state index is 0.0850. The van der Waals surface area contributed by atoms with Gasteiger partial charge in [-0.05, 0) is 30.9 Å². The van der Waals surface area contributed by atoms with Crippen molar-refractivity contribution >= 4 is 5.91 Å². The summed E-state index contributed by atoms with van der Waals surface area (Å²) in [7, 11) is 1.96. The second-order valence-electron chi connectivity index (χ2n) is 6.74. The van der Waals surface area contributed by atoms with Crippen molar-refractivity contribution in [3.8, 4) is 5.75 Å². The van der Waals surface area contributed by atoms with E-state index in [4.69, 9.17) is 4.74 Å². The van der Waals surface area contributed by atoms with Crippen LogP contribution in [-0.2, 0) is 18.3 Å². The Morgan fingerprint density at radius 2 is 2.21 bits per heavy atom. The van der Waals surface area contributed by atoms with E-state index < -0.39 is 0 Å². The molecule has 126 valence electrons. The highest BCUT2D eigenvalue weighted by atomic mass is 16.5. The van der Waals surface area contributed by atoms with Gasteiger partial charge in [0, 0.05) is 26.1 Å². The number of carbonyl (C=O) groups excluding carboxylic acids is 1. The summed E-state index contributed by atoms with van der Waals surface area (Å²) in [4.78, 5) is 15.0. The number of para-hydroxylation sites is 1. The molecule has 0 bridgehead atoms. The third-order valence-electron chi connectivity index (χ3n) is 5.07. The number of amides is 1. The standard InChI is InChI=1S/C18H22N4O2/c1-21-12-19-20-17(21)14-6-4-8-22(10-14)18(23)15-9-13-5-2-3-7-16(13)24-11-15/h2-3,5,7,12,14-15H,4,6,8-11H2,1H3/t14-,15+/m0/s1. The molecule has 6 nitrogen and oxygen atoms in total. The first kappa shape index (κ1) is 15.2. The number of nitrogens with zero attached hydrogens (tertiary/aromatic N) is 4. The van der Waals surface area contributed by atoms with E-state index in [0.29, 0.717) is 6.61 Å². The van der Waals surface area contributed by atoms with Gasteiger partial charge in [0.2, 0.25) is 5.91 Å². The summed E-state index contributed by atoms with van der Waals surface area (Å²) in [5.74, 6) is 2.27. The summed E-state index contributed by atoms with van der Waals surface area (Å²) in [6, 6.07) is 7.99. The highest BCUT2D eigenvalue weighted by molar-refractivity contribution is 5.80. The van der Waals surface area contributed by atoms with Crippen LogP contribution in [0, 0.1) is 5.92 Å². The number of benzene rings is 1. The number of fused-ring (bicyclic) bond motifs is 1. The minimum atomic E-state index is -0.0850. The molecule has 1 fully saturated rings. The van der Waals surface area contributed by atoms with E-state index >= 15 is 0 Å². The van der Waals surface area contributed by atoms with Crippen molar-refractivity contribution in [3.63, 3.8) is 0 Å².